The van der Waals surface area contributed by atoms with Crippen molar-refractivity contribution in [3.63, 3.8) is 0 Å². The lowest BCUT2D eigenvalue weighted by atomic mass is 9.71. The van der Waals surface area contributed by atoms with Gasteiger partial charge < -0.3 is 4.74 Å². The maximum atomic E-state index is 15.1. The Bertz CT molecular complexity index is 1060. The van der Waals surface area contributed by atoms with Gasteiger partial charge in [0.05, 0.1) is 17.0 Å². The third-order valence-electron chi connectivity index (χ3n) is 8.70. The maximum Gasteiger partial charge on any atom is 0.338 e. The average molecular weight is 548 g/mol. The number of nitrogens with zero attached hydrogens (tertiary/aromatic N) is 1. The molecule has 0 bridgehead atoms. The minimum Gasteiger partial charge on any atom is -0.459 e. The van der Waals surface area contributed by atoms with Gasteiger partial charge in [-0.15, -0.1) is 0 Å². The number of unbranched alkanes of at least 4 members (excludes halogenated alkanes) is 10. The molecule has 4 heteroatoms. The number of carbonyl (C=O) groups excluding carboxylic acids is 1. The van der Waals surface area contributed by atoms with Gasteiger partial charge in [-0.3, -0.25) is 0 Å². The molecule has 0 N–H and O–H groups in total. The number of halogens is 1. The van der Waals surface area contributed by atoms with Gasteiger partial charge in [0.25, 0.3) is 0 Å². The molecule has 0 saturated heterocycles. The third kappa shape index (κ3) is 10.1. The van der Waals surface area contributed by atoms with Gasteiger partial charge in [0.15, 0.2) is 0 Å². The minimum atomic E-state index is -0.482. The SMILES string of the molecule is CCCCCCCCCc1ccc(-c2ccc(C(=O)OC3CCC(C#N)(CCCCCCC)CC3)cc2F)cc1. The van der Waals surface area contributed by atoms with Crippen molar-refractivity contribution in [1.29, 1.82) is 5.26 Å². The normalized spacial score (nSPS) is 18.8. The molecule has 0 amide bonds. The lowest BCUT2D eigenvalue weighted by Gasteiger charge is -2.34. The van der Waals surface area contributed by atoms with E-state index >= 15 is 4.39 Å². The standard InChI is InChI=1S/C36H50FNO2/c1-3-5-7-9-10-11-13-15-29-16-18-30(19-17-29)33-21-20-31(27-34(33)37)35(39)40-32-22-25-36(28-38,26-23-32)24-14-12-8-6-4-2/h16-21,27,32H,3-15,22-26H2,1-2H3. The summed E-state index contributed by atoms with van der Waals surface area (Å²) in [5.41, 5.74) is 2.55. The fourth-order valence-electron chi connectivity index (χ4n) is 5.98. The number of benzene rings is 2. The van der Waals surface area contributed by atoms with Crippen LogP contribution in [0.25, 0.3) is 11.1 Å². The van der Waals surface area contributed by atoms with Crippen molar-refractivity contribution in [3.8, 4) is 17.2 Å². The number of carbonyl (C=O) groups is 1. The summed E-state index contributed by atoms with van der Waals surface area (Å²) in [6.07, 6.45) is 19.7. The Kier molecular flexibility index (Phi) is 13.7. The fraction of sp³-hybridized carbons (Fsp3) is 0.611. The Morgan fingerprint density at radius 2 is 1.48 bits per heavy atom. The molecular formula is C36H50FNO2. The molecule has 218 valence electrons. The van der Waals surface area contributed by atoms with E-state index in [1.54, 1.807) is 12.1 Å². The first-order valence-electron chi connectivity index (χ1n) is 16.0. The predicted octanol–water partition coefficient (Wildman–Crippen LogP) is 10.8. The molecule has 1 fully saturated rings. The monoisotopic (exact) mass is 547 g/mol. The minimum absolute atomic E-state index is 0.208. The van der Waals surface area contributed by atoms with E-state index in [0.29, 0.717) is 18.4 Å². The van der Waals surface area contributed by atoms with Crippen LogP contribution in [0.15, 0.2) is 42.5 Å². The summed E-state index contributed by atoms with van der Waals surface area (Å²) in [5.74, 6) is -0.894. The zero-order chi connectivity index (χ0) is 28.6. The predicted molar refractivity (Wildman–Crippen MR) is 163 cm³/mol. The molecule has 0 unspecified atom stereocenters. The number of nitriles is 1. The lowest BCUT2D eigenvalue weighted by Crippen LogP contribution is -2.31. The summed E-state index contributed by atoms with van der Waals surface area (Å²) in [4.78, 5) is 12.8. The summed E-state index contributed by atoms with van der Waals surface area (Å²) in [6.45, 7) is 4.45. The number of hydrogen-bond acceptors (Lipinski definition) is 3. The molecule has 2 aromatic carbocycles. The molecule has 0 spiro atoms. The zero-order valence-electron chi connectivity index (χ0n) is 25.0. The topological polar surface area (TPSA) is 50.1 Å². The first-order chi connectivity index (χ1) is 19.5. The van der Waals surface area contributed by atoms with E-state index < -0.39 is 11.8 Å². The van der Waals surface area contributed by atoms with E-state index in [-0.39, 0.29) is 17.1 Å². The molecule has 0 atom stereocenters. The van der Waals surface area contributed by atoms with Gasteiger partial charge in [-0.05, 0) is 68.2 Å². The second-order valence-electron chi connectivity index (χ2n) is 11.9. The second kappa shape index (κ2) is 17.2. The van der Waals surface area contributed by atoms with Crippen LogP contribution in [-0.4, -0.2) is 12.1 Å². The molecule has 0 aromatic heterocycles. The van der Waals surface area contributed by atoms with Gasteiger partial charge in [0, 0.05) is 5.56 Å². The highest BCUT2D eigenvalue weighted by Crippen LogP contribution is 2.41. The zero-order valence-corrected chi connectivity index (χ0v) is 25.0. The van der Waals surface area contributed by atoms with Crippen molar-refractivity contribution in [2.24, 2.45) is 5.41 Å². The maximum absolute atomic E-state index is 15.1. The number of aryl methyl sites for hydroxylation is 1. The van der Waals surface area contributed by atoms with E-state index in [0.717, 1.165) is 37.7 Å². The highest BCUT2D eigenvalue weighted by Gasteiger charge is 2.36. The van der Waals surface area contributed by atoms with Crippen LogP contribution in [0, 0.1) is 22.6 Å². The van der Waals surface area contributed by atoms with Crippen LogP contribution in [0.5, 0.6) is 0 Å². The highest BCUT2D eigenvalue weighted by molar-refractivity contribution is 5.90. The summed E-state index contributed by atoms with van der Waals surface area (Å²) in [5, 5.41) is 9.84. The Labute approximate surface area is 242 Å². The third-order valence-corrected chi connectivity index (χ3v) is 8.70. The van der Waals surface area contributed by atoms with E-state index in [1.807, 2.05) is 12.1 Å². The molecule has 3 nitrogen and oxygen atoms in total. The fourth-order valence-corrected chi connectivity index (χ4v) is 5.98. The van der Waals surface area contributed by atoms with E-state index in [2.05, 4.69) is 32.0 Å². The van der Waals surface area contributed by atoms with Gasteiger partial charge >= 0.3 is 5.97 Å². The lowest BCUT2D eigenvalue weighted by molar-refractivity contribution is 0.0104. The van der Waals surface area contributed by atoms with Crippen molar-refractivity contribution in [2.75, 3.05) is 0 Å². The van der Waals surface area contributed by atoms with Crippen LogP contribution < -0.4 is 0 Å². The van der Waals surface area contributed by atoms with Gasteiger partial charge in [0.2, 0.25) is 0 Å². The molecule has 0 radical (unpaired) electrons. The quantitative estimate of drug-likeness (QED) is 0.146. The summed E-state index contributed by atoms with van der Waals surface area (Å²) in [7, 11) is 0. The molecule has 3 rings (SSSR count). The Balaban J connectivity index is 1.46. The van der Waals surface area contributed by atoms with E-state index in [4.69, 9.17) is 4.74 Å². The average Bonchev–Trinajstić information content (AvgIpc) is 2.98. The van der Waals surface area contributed by atoms with Crippen LogP contribution in [0.1, 0.15) is 139 Å². The summed E-state index contributed by atoms with van der Waals surface area (Å²) >= 11 is 0. The number of rotatable bonds is 17. The number of hydrogen-bond donors (Lipinski definition) is 0. The van der Waals surface area contributed by atoms with Crippen molar-refractivity contribution in [1.82, 2.24) is 0 Å². The van der Waals surface area contributed by atoms with Crippen LogP contribution in [0.3, 0.4) is 0 Å². The van der Waals surface area contributed by atoms with Crippen molar-refractivity contribution < 1.29 is 13.9 Å². The Morgan fingerprint density at radius 1 is 0.875 bits per heavy atom. The first kappa shape index (κ1) is 31.9. The van der Waals surface area contributed by atoms with Crippen LogP contribution in [0.4, 0.5) is 4.39 Å². The highest BCUT2D eigenvalue weighted by atomic mass is 19.1. The van der Waals surface area contributed by atoms with Gasteiger partial charge in [0.1, 0.15) is 11.9 Å². The van der Waals surface area contributed by atoms with E-state index in [1.165, 1.54) is 82.3 Å². The Morgan fingerprint density at radius 3 is 2.08 bits per heavy atom. The van der Waals surface area contributed by atoms with E-state index in [9.17, 15) is 10.1 Å². The second-order valence-corrected chi connectivity index (χ2v) is 11.9. The van der Waals surface area contributed by atoms with Crippen LogP contribution in [-0.2, 0) is 11.2 Å². The van der Waals surface area contributed by atoms with Gasteiger partial charge in [-0.25, -0.2) is 9.18 Å². The smallest absolute Gasteiger partial charge is 0.338 e. The molecule has 1 aliphatic rings. The van der Waals surface area contributed by atoms with Gasteiger partial charge in [-0.2, -0.15) is 5.26 Å². The molecule has 40 heavy (non-hydrogen) atoms. The largest absolute Gasteiger partial charge is 0.459 e. The van der Waals surface area contributed by atoms with Crippen LogP contribution in [0.2, 0.25) is 0 Å². The Hall–Kier alpha value is -2.67. The first-order valence-corrected chi connectivity index (χ1v) is 16.0. The van der Waals surface area contributed by atoms with Gasteiger partial charge in [-0.1, -0.05) is 115 Å². The molecule has 2 aromatic rings. The molecule has 0 aliphatic heterocycles. The van der Waals surface area contributed by atoms with Crippen molar-refractivity contribution >= 4 is 5.97 Å². The molecular weight excluding hydrogens is 497 g/mol. The van der Waals surface area contributed by atoms with Crippen molar-refractivity contribution in [2.45, 2.75) is 136 Å². The molecule has 1 aliphatic carbocycles. The number of ether oxygens (including phenoxy) is 1. The molecule has 1 saturated carbocycles. The van der Waals surface area contributed by atoms with Crippen molar-refractivity contribution in [3.05, 3.63) is 59.4 Å². The molecule has 0 heterocycles. The van der Waals surface area contributed by atoms with Crippen LogP contribution >= 0.6 is 0 Å². The summed E-state index contributed by atoms with van der Waals surface area (Å²) < 4.78 is 20.8. The number of esters is 1. The summed E-state index contributed by atoms with van der Waals surface area (Å²) in [6, 6.07) is 15.3.